The van der Waals surface area contributed by atoms with Crippen LogP contribution >= 0.6 is 0 Å². The lowest BCUT2D eigenvalue weighted by atomic mass is 10.2. The monoisotopic (exact) mass is 310 g/mol. The van der Waals surface area contributed by atoms with E-state index in [0.717, 1.165) is 39.0 Å². The molecule has 7 heteroatoms. The molecule has 1 atom stereocenters. The molecule has 2 fully saturated rings. The summed E-state index contributed by atoms with van der Waals surface area (Å²) in [4.78, 5) is 41.6. The average Bonchev–Trinajstić information content (AvgIpc) is 2.71. The molecule has 0 radical (unpaired) electrons. The standard InChI is InChI=1S/C15H26N4O3/c1-3-6-19-14(21)12(16-15(19)22)11-13(20)18-8-5-7-17(4-2)9-10-18/h12H,3-11H2,1-2H3,(H,16,22). The molecule has 0 aromatic rings. The number of nitrogens with one attached hydrogen (secondary N) is 1. The second-order valence-electron chi connectivity index (χ2n) is 5.86. The molecule has 0 aromatic carbocycles. The molecule has 0 bridgehead atoms. The molecule has 1 N–H and O–H groups in total. The van der Waals surface area contributed by atoms with Crippen LogP contribution in [0.2, 0.25) is 0 Å². The maximum absolute atomic E-state index is 12.4. The summed E-state index contributed by atoms with van der Waals surface area (Å²) in [7, 11) is 0. The molecular formula is C15H26N4O3. The highest BCUT2D eigenvalue weighted by Gasteiger charge is 2.39. The van der Waals surface area contributed by atoms with Gasteiger partial charge < -0.3 is 15.1 Å². The maximum Gasteiger partial charge on any atom is 0.324 e. The first-order valence-electron chi connectivity index (χ1n) is 8.18. The van der Waals surface area contributed by atoms with Gasteiger partial charge in [0.25, 0.3) is 5.91 Å². The van der Waals surface area contributed by atoms with Gasteiger partial charge in [-0.3, -0.25) is 14.5 Å². The van der Waals surface area contributed by atoms with Crippen LogP contribution in [-0.2, 0) is 9.59 Å². The summed E-state index contributed by atoms with van der Waals surface area (Å²) in [5, 5.41) is 2.62. The van der Waals surface area contributed by atoms with Gasteiger partial charge in [0.1, 0.15) is 6.04 Å². The molecular weight excluding hydrogens is 284 g/mol. The Morgan fingerprint density at radius 1 is 1.18 bits per heavy atom. The number of imide groups is 1. The van der Waals surface area contributed by atoms with E-state index >= 15 is 0 Å². The Labute approximate surface area is 131 Å². The fourth-order valence-electron chi connectivity index (χ4n) is 2.99. The molecule has 2 heterocycles. The summed E-state index contributed by atoms with van der Waals surface area (Å²) in [6.45, 7) is 8.72. The van der Waals surface area contributed by atoms with Crippen LogP contribution in [-0.4, -0.2) is 77.9 Å². The highest BCUT2D eigenvalue weighted by Crippen LogP contribution is 2.13. The molecule has 124 valence electrons. The third-order valence-corrected chi connectivity index (χ3v) is 4.32. The predicted octanol–water partition coefficient (Wildman–Crippen LogP) is 0.261. The first-order valence-corrected chi connectivity index (χ1v) is 8.18. The van der Waals surface area contributed by atoms with Crippen LogP contribution in [0.15, 0.2) is 0 Å². The smallest absolute Gasteiger partial charge is 0.324 e. The quantitative estimate of drug-likeness (QED) is 0.739. The number of amides is 4. The van der Waals surface area contributed by atoms with Crippen molar-refractivity contribution in [2.45, 2.75) is 39.2 Å². The molecule has 1 unspecified atom stereocenters. The van der Waals surface area contributed by atoms with Crippen molar-refractivity contribution in [3.8, 4) is 0 Å². The van der Waals surface area contributed by atoms with Crippen LogP contribution in [0.4, 0.5) is 4.79 Å². The Morgan fingerprint density at radius 2 is 1.95 bits per heavy atom. The molecule has 7 nitrogen and oxygen atoms in total. The number of carbonyl (C=O) groups excluding carboxylic acids is 3. The molecule has 2 aliphatic rings. The minimum atomic E-state index is -0.697. The maximum atomic E-state index is 12.4. The van der Waals surface area contributed by atoms with Gasteiger partial charge in [-0.25, -0.2) is 4.79 Å². The molecule has 0 spiro atoms. The van der Waals surface area contributed by atoms with Gasteiger partial charge in [-0.15, -0.1) is 0 Å². The minimum Gasteiger partial charge on any atom is -0.341 e. The van der Waals surface area contributed by atoms with Crippen molar-refractivity contribution in [1.29, 1.82) is 0 Å². The van der Waals surface area contributed by atoms with Crippen LogP contribution < -0.4 is 5.32 Å². The fourth-order valence-corrected chi connectivity index (χ4v) is 2.99. The van der Waals surface area contributed by atoms with Crippen molar-refractivity contribution < 1.29 is 14.4 Å². The number of urea groups is 1. The molecule has 2 rings (SSSR count). The van der Waals surface area contributed by atoms with E-state index in [0.29, 0.717) is 13.1 Å². The Morgan fingerprint density at radius 3 is 2.64 bits per heavy atom. The zero-order valence-electron chi connectivity index (χ0n) is 13.5. The highest BCUT2D eigenvalue weighted by atomic mass is 16.2. The van der Waals surface area contributed by atoms with E-state index in [4.69, 9.17) is 0 Å². The van der Waals surface area contributed by atoms with Gasteiger partial charge in [0.15, 0.2) is 0 Å². The van der Waals surface area contributed by atoms with E-state index in [9.17, 15) is 14.4 Å². The SMILES string of the molecule is CCCN1C(=O)NC(CC(=O)N2CCCN(CC)CC2)C1=O. The second-order valence-corrected chi connectivity index (χ2v) is 5.86. The second kappa shape index (κ2) is 7.58. The summed E-state index contributed by atoms with van der Waals surface area (Å²) in [6.07, 6.45) is 1.74. The lowest BCUT2D eigenvalue weighted by Crippen LogP contribution is -2.40. The molecule has 0 aromatic heterocycles. The molecule has 2 aliphatic heterocycles. The average molecular weight is 310 g/mol. The lowest BCUT2D eigenvalue weighted by molar-refractivity contribution is -0.135. The van der Waals surface area contributed by atoms with Gasteiger partial charge in [0.05, 0.1) is 6.42 Å². The summed E-state index contributed by atoms with van der Waals surface area (Å²) in [5.74, 6) is -0.319. The molecule has 22 heavy (non-hydrogen) atoms. The Hall–Kier alpha value is -1.63. The number of rotatable bonds is 5. The zero-order valence-corrected chi connectivity index (χ0v) is 13.5. The van der Waals surface area contributed by atoms with Crippen LogP contribution in [0, 0.1) is 0 Å². The molecule has 0 saturated carbocycles. The number of carbonyl (C=O) groups is 3. The van der Waals surface area contributed by atoms with Gasteiger partial charge in [-0.1, -0.05) is 13.8 Å². The van der Waals surface area contributed by atoms with Gasteiger partial charge in [-0.2, -0.15) is 0 Å². The zero-order chi connectivity index (χ0) is 16.1. The van der Waals surface area contributed by atoms with Crippen molar-refractivity contribution in [2.24, 2.45) is 0 Å². The van der Waals surface area contributed by atoms with E-state index in [-0.39, 0.29) is 24.3 Å². The summed E-state index contributed by atoms with van der Waals surface area (Å²) >= 11 is 0. The van der Waals surface area contributed by atoms with Gasteiger partial charge >= 0.3 is 6.03 Å². The number of hydrogen-bond acceptors (Lipinski definition) is 4. The van der Waals surface area contributed by atoms with Gasteiger partial charge in [0, 0.05) is 26.2 Å². The van der Waals surface area contributed by atoms with E-state index < -0.39 is 6.04 Å². The number of nitrogens with zero attached hydrogens (tertiary/aromatic N) is 3. The number of hydrogen-bond donors (Lipinski definition) is 1. The van der Waals surface area contributed by atoms with Gasteiger partial charge in [-0.05, 0) is 25.9 Å². The van der Waals surface area contributed by atoms with Gasteiger partial charge in [0.2, 0.25) is 5.91 Å². The minimum absolute atomic E-state index is 0.0463. The summed E-state index contributed by atoms with van der Waals surface area (Å²) < 4.78 is 0. The first-order chi connectivity index (χ1) is 10.6. The van der Waals surface area contributed by atoms with Crippen molar-refractivity contribution >= 4 is 17.8 Å². The Balaban J connectivity index is 1.89. The third-order valence-electron chi connectivity index (χ3n) is 4.32. The van der Waals surface area contributed by atoms with E-state index in [1.54, 1.807) is 0 Å². The molecule has 2 saturated heterocycles. The summed E-state index contributed by atoms with van der Waals surface area (Å²) in [6, 6.07) is -1.07. The topological polar surface area (TPSA) is 73.0 Å². The molecule has 4 amide bonds. The van der Waals surface area contributed by atoms with Crippen LogP contribution in [0.25, 0.3) is 0 Å². The fraction of sp³-hybridized carbons (Fsp3) is 0.800. The Bertz CT molecular complexity index is 441. The number of likely N-dealkylation sites (N-methyl/N-ethyl adjacent to an activating group) is 1. The molecule has 0 aliphatic carbocycles. The van der Waals surface area contributed by atoms with Crippen molar-refractivity contribution in [1.82, 2.24) is 20.0 Å². The van der Waals surface area contributed by atoms with E-state index in [2.05, 4.69) is 17.1 Å². The van der Waals surface area contributed by atoms with Crippen molar-refractivity contribution in [3.05, 3.63) is 0 Å². The lowest BCUT2D eigenvalue weighted by Gasteiger charge is -2.22. The predicted molar refractivity (Wildman–Crippen MR) is 82.3 cm³/mol. The summed E-state index contributed by atoms with van der Waals surface area (Å²) in [5.41, 5.74) is 0. The van der Waals surface area contributed by atoms with Crippen LogP contribution in [0.1, 0.15) is 33.1 Å². The van der Waals surface area contributed by atoms with Crippen LogP contribution in [0.3, 0.4) is 0 Å². The third kappa shape index (κ3) is 3.76. The van der Waals surface area contributed by atoms with Crippen molar-refractivity contribution in [3.63, 3.8) is 0 Å². The van der Waals surface area contributed by atoms with E-state index in [1.165, 1.54) is 4.90 Å². The van der Waals surface area contributed by atoms with E-state index in [1.807, 2.05) is 11.8 Å². The van der Waals surface area contributed by atoms with Crippen LogP contribution in [0.5, 0.6) is 0 Å². The van der Waals surface area contributed by atoms with Crippen molar-refractivity contribution in [2.75, 3.05) is 39.3 Å². The highest BCUT2D eigenvalue weighted by molar-refractivity contribution is 6.05. The first kappa shape index (κ1) is 16.7. The largest absolute Gasteiger partial charge is 0.341 e. The normalized spacial score (nSPS) is 23.6. The Kier molecular flexibility index (Phi) is 5.76.